The Hall–Kier alpha value is -0.807. The molecule has 0 bridgehead atoms. The predicted octanol–water partition coefficient (Wildman–Crippen LogP) is 6.24. The van der Waals surface area contributed by atoms with Crippen LogP contribution >= 0.6 is 0 Å². The summed E-state index contributed by atoms with van der Waals surface area (Å²) in [5.74, 6) is 0. The minimum atomic E-state index is -1.84. The zero-order valence-corrected chi connectivity index (χ0v) is 17.8. The van der Waals surface area contributed by atoms with Crippen LogP contribution in [0.3, 0.4) is 0 Å². The van der Waals surface area contributed by atoms with E-state index >= 15 is 0 Å². The van der Waals surface area contributed by atoms with Crippen LogP contribution in [-0.2, 0) is 21.3 Å². The van der Waals surface area contributed by atoms with Gasteiger partial charge in [-0.2, -0.15) is 0 Å². The molecule has 0 aliphatic heterocycles. The van der Waals surface area contributed by atoms with Crippen LogP contribution in [0.4, 0.5) is 0 Å². The van der Waals surface area contributed by atoms with E-state index in [0.29, 0.717) is 3.63 Å². The number of allylic oxidation sites excluding steroid dienone is 6. The summed E-state index contributed by atoms with van der Waals surface area (Å²) in [5, 5.41) is 0. The molecule has 120 valence electrons. The summed E-state index contributed by atoms with van der Waals surface area (Å²) >= 11 is -1.84. The zero-order chi connectivity index (χ0) is 16.8. The fourth-order valence-corrected chi connectivity index (χ4v) is 12.0. The van der Waals surface area contributed by atoms with Crippen molar-refractivity contribution >= 4 is 8.78 Å². The van der Waals surface area contributed by atoms with E-state index in [9.17, 15) is 0 Å². The minimum absolute atomic E-state index is 0.221. The van der Waals surface area contributed by atoms with Gasteiger partial charge < -0.3 is 0 Å². The van der Waals surface area contributed by atoms with Crippen LogP contribution in [0.25, 0.3) is 5.57 Å². The monoisotopic (exact) mass is 382 g/mol. The molecule has 0 heterocycles. The van der Waals surface area contributed by atoms with Crippen molar-refractivity contribution in [2.24, 2.45) is 5.41 Å². The van der Waals surface area contributed by atoms with Crippen molar-refractivity contribution in [2.45, 2.75) is 51.6 Å². The van der Waals surface area contributed by atoms with E-state index in [4.69, 9.17) is 0 Å². The fourth-order valence-electron chi connectivity index (χ4n) is 3.93. The second-order valence-electron chi connectivity index (χ2n) is 8.19. The van der Waals surface area contributed by atoms with Crippen molar-refractivity contribution in [1.82, 2.24) is 0 Å². The Morgan fingerprint density at radius 1 is 1.09 bits per heavy atom. The summed E-state index contributed by atoms with van der Waals surface area (Å²) in [6.45, 7) is 14.1. The third-order valence-electron chi connectivity index (χ3n) is 4.96. The Kier molecular flexibility index (Phi) is 4.63. The van der Waals surface area contributed by atoms with Crippen LogP contribution in [0.5, 0.6) is 0 Å². The second-order valence-corrected chi connectivity index (χ2v) is 15.8. The van der Waals surface area contributed by atoms with Gasteiger partial charge >= 0.3 is 150 Å². The molecule has 1 unspecified atom stereocenters. The van der Waals surface area contributed by atoms with Gasteiger partial charge in [0.2, 0.25) is 0 Å². The average Bonchev–Trinajstić information content (AvgIpc) is 3.04. The van der Waals surface area contributed by atoms with E-state index < -0.39 is 21.3 Å². The molecule has 0 radical (unpaired) electrons. The SMILES string of the molecule is CC1=CC=[C]([Zr](=[C](C)C)[CH]2C=C(C(C)(C)C)c3ccccc32)C1. The van der Waals surface area contributed by atoms with E-state index in [0.717, 1.165) is 0 Å². The van der Waals surface area contributed by atoms with E-state index in [1.54, 1.807) is 17.6 Å². The number of benzene rings is 1. The molecule has 2 aliphatic carbocycles. The summed E-state index contributed by atoms with van der Waals surface area (Å²) in [7, 11) is 0. The van der Waals surface area contributed by atoms with Gasteiger partial charge in [-0.25, -0.2) is 0 Å². The first-order valence-corrected chi connectivity index (χ1v) is 12.5. The number of hydrogen-bond donors (Lipinski definition) is 0. The van der Waals surface area contributed by atoms with Gasteiger partial charge in [0.15, 0.2) is 0 Å². The van der Waals surface area contributed by atoms with Gasteiger partial charge in [0, 0.05) is 0 Å². The van der Waals surface area contributed by atoms with Crippen molar-refractivity contribution in [3.8, 4) is 0 Å². The molecule has 1 heteroatoms. The second kappa shape index (κ2) is 6.25. The topological polar surface area (TPSA) is 0 Å². The predicted molar refractivity (Wildman–Crippen MR) is 99.4 cm³/mol. The Bertz CT molecular complexity index is 759. The molecular formula is C22H28Zr. The molecular weight excluding hydrogens is 355 g/mol. The summed E-state index contributed by atoms with van der Waals surface area (Å²) < 4.78 is 4.17. The third kappa shape index (κ3) is 3.23. The summed E-state index contributed by atoms with van der Waals surface area (Å²) in [4.78, 5) is 0. The van der Waals surface area contributed by atoms with Gasteiger partial charge in [-0.15, -0.1) is 0 Å². The fraction of sp³-hybridized carbons (Fsp3) is 0.409. The summed E-state index contributed by atoms with van der Waals surface area (Å²) in [5.41, 5.74) is 6.41. The Balaban J connectivity index is 2.12. The van der Waals surface area contributed by atoms with Gasteiger partial charge in [0.1, 0.15) is 0 Å². The van der Waals surface area contributed by atoms with Crippen LogP contribution in [-0.4, -0.2) is 3.21 Å². The van der Waals surface area contributed by atoms with Gasteiger partial charge in [-0.05, 0) is 0 Å². The molecule has 0 amide bonds. The van der Waals surface area contributed by atoms with Crippen LogP contribution in [0.15, 0.2) is 51.3 Å². The van der Waals surface area contributed by atoms with Gasteiger partial charge in [0.05, 0.1) is 0 Å². The summed E-state index contributed by atoms with van der Waals surface area (Å²) in [6, 6.07) is 9.15. The first kappa shape index (κ1) is 17.0. The van der Waals surface area contributed by atoms with E-state index in [2.05, 4.69) is 84.0 Å². The van der Waals surface area contributed by atoms with Gasteiger partial charge in [-0.1, -0.05) is 0 Å². The van der Waals surface area contributed by atoms with Crippen LogP contribution in [0.2, 0.25) is 0 Å². The molecule has 0 aromatic heterocycles. The molecule has 1 aromatic rings. The maximum absolute atomic E-state index is 2.64. The van der Waals surface area contributed by atoms with Crippen LogP contribution in [0.1, 0.15) is 62.7 Å². The van der Waals surface area contributed by atoms with E-state index in [1.807, 2.05) is 0 Å². The number of hydrogen-bond acceptors (Lipinski definition) is 0. The summed E-state index contributed by atoms with van der Waals surface area (Å²) in [6.07, 6.45) is 8.65. The van der Waals surface area contributed by atoms with Crippen LogP contribution in [0, 0.1) is 5.41 Å². The van der Waals surface area contributed by atoms with Gasteiger partial charge in [0.25, 0.3) is 0 Å². The van der Waals surface area contributed by atoms with Crippen molar-refractivity contribution in [2.75, 3.05) is 0 Å². The standard InChI is InChI=1S/C13H15.C6H7.C3H6.Zr/c1-13(2,3)12-9-8-10-6-4-5-7-11(10)12;1-6-4-2-3-5-6;1-3-2;/h4-9H,1-3H3;2,4H,5H2,1H3;1-2H3;. The molecule has 1 aromatic carbocycles. The molecule has 23 heavy (non-hydrogen) atoms. The molecule has 2 aliphatic rings. The molecule has 3 rings (SSSR count). The number of fused-ring (bicyclic) bond motifs is 1. The first-order chi connectivity index (χ1) is 10.8. The molecule has 0 saturated carbocycles. The first-order valence-electron chi connectivity index (χ1n) is 8.64. The van der Waals surface area contributed by atoms with Crippen molar-refractivity contribution in [3.63, 3.8) is 0 Å². The third-order valence-corrected chi connectivity index (χ3v) is 12.9. The Labute approximate surface area is 149 Å². The molecule has 0 N–H and O–H groups in total. The zero-order valence-electron chi connectivity index (χ0n) is 15.3. The Morgan fingerprint density at radius 2 is 1.78 bits per heavy atom. The van der Waals surface area contributed by atoms with Crippen LogP contribution < -0.4 is 0 Å². The molecule has 1 atom stereocenters. The van der Waals surface area contributed by atoms with Crippen molar-refractivity contribution in [1.29, 1.82) is 0 Å². The Morgan fingerprint density at radius 3 is 2.35 bits per heavy atom. The van der Waals surface area contributed by atoms with E-state index in [-0.39, 0.29) is 5.41 Å². The van der Waals surface area contributed by atoms with Crippen molar-refractivity contribution in [3.05, 3.63) is 62.5 Å². The normalized spacial score (nSPS) is 19.9. The molecule has 0 saturated heterocycles. The molecule has 0 fully saturated rings. The molecule has 0 nitrogen and oxygen atoms in total. The quantitative estimate of drug-likeness (QED) is 0.567. The molecule has 0 spiro atoms. The van der Waals surface area contributed by atoms with Gasteiger partial charge in [-0.3, -0.25) is 0 Å². The average molecular weight is 384 g/mol. The van der Waals surface area contributed by atoms with E-state index in [1.165, 1.54) is 17.6 Å². The number of rotatable bonds is 2. The maximum atomic E-state index is 2.64. The van der Waals surface area contributed by atoms with Crippen molar-refractivity contribution < 1.29 is 21.3 Å².